The summed E-state index contributed by atoms with van der Waals surface area (Å²) in [6.07, 6.45) is 2.28. The molecule has 1 aliphatic rings. The number of hydrogen-bond acceptors (Lipinski definition) is 1. The van der Waals surface area contributed by atoms with Crippen molar-refractivity contribution in [3.63, 3.8) is 0 Å². The minimum Gasteiger partial charge on any atom is -0.381 e. The average molecular weight is 393 g/mol. The lowest BCUT2D eigenvalue weighted by Gasteiger charge is -2.37. The van der Waals surface area contributed by atoms with Crippen molar-refractivity contribution in [1.82, 2.24) is 0 Å². The van der Waals surface area contributed by atoms with Crippen LogP contribution in [-0.2, 0) is 4.74 Å². The Balaban J connectivity index is 0.000000399. The van der Waals surface area contributed by atoms with Crippen LogP contribution in [0.4, 0.5) is 0 Å². The predicted octanol–water partition coefficient (Wildman–Crippen LogP) is 5.47. The monoisotopic (exact) mass is 390 g/mol. The number of alkyl halides is 6. The zero-order valence-electron chi connectivity index (χ0n) is 11.0. The Kier molecular flexibility index (Phi) is 12.3. The van der Waals surface area contributed by atoms with E-state index in [0.29, 0.717) is 0 Å². The summed E-state index contributed by atoms with van der Waals surface area (Å²) < 4.78 is 5.13. The van der Waals surface area contributed by atoms with E-state index in [4.69, 9.17) is 74.3 Å². The highest BCUT2D eigenvalue weighted by Crippen LogP contribution is 2.39. The summed E-state index contributed by atoms with van der Waals surface area (Å²) >= 11 is 35.3. The van der Waals surface area contributed by atoms with Crippen LogP contribution in [0.3, 0.4) is 0 Å². The molecule has 1 rings (SSSR count). The van der Waals surface area contributed by atoms with Gasteiger partial charge in [0.2, 0.25) is 0 Å². The maximum absolute atomic E-state index is 5.88. The Labute approximate surface area is 146 Å². The first-order valence-corrected chi connectivity index (χ1v) is 8.92. The molecule has 0 saturated heterocycles. The molecule has 116 valence electrons. The van der Waals surface area contributed by atoms with Gasteiger partial charge in [-0.05, 0) is 12.8 Å². The molecule has 0 unspecified atom stereocenters. The van der Waals surface area contributed by atoms with E-state index in [2.05, 4.69) is 13.8 Å². The smallest absolute Gasteiger partial charge is 0.0693 e. The molecule has 0 aromatic carbocycles. The van der Waals surface area contributed by atoms with Crippen molar-refractivity contribution in [2.45, 2.75) is 59.0 Å². The molecular formula is C12H20Cl6O. The van der Waals surface area contributed by atoms with E-state index in [-0.39, 0.29) is 0 Å². The molecule has 1 saturated carbocycles. The van der Waals surface area contributed by atoms with Crippen LogP contribution < -0.4 is 0 Å². The Bertz CT molecular complexity index is 168. The fourth-order valence-electron chi connectivity index (χ4n) is 1.44. The Morgan fingerprint density at radius 3 is 0.947 bits per heavy atom. The summed E-state index contributed by atoms with van der Waals surface area (Å²) in [5.41, 5.74) is 0. The molecule has 0 bridgehead atoms. The first-order chi connectivity index (χ1) is 8.88. The molecule has 0 aromatic rings. The molecule has 0 N–H and O–H groups in total. The topological polar surface area (TPSA) is 9.23 Å². The van der Waals surface area contributed by atoms with E-state index >= 15 is 0 Å². The third-order valence-electron chi connectivity index (χ3n) is 2.52. The zero-order chi connectivity index (χ0) is 15.0. The summed E-state index contributed by atoms with van der Waals surface area (Å²) in [6.45, 7) is 6.09. The van der Waals surface area contributed by atoms with Gasteiger partial charge in [-0.2, -0.15) is 0 Å². The van der Waals surface area contributed by atoms with Gasteiger partial charge in [0.15, 0.2) is 0 Å². The fourth-order valence-corrected chi connectivity index (χ4v) is 3.77. The summed E-state index contributed by atoms with van der Waals surface area (Å²) in [5, 5.41) is -2.62. The molecule has 0 amide bonds. The van der Waals surface area contributed by atoms with Gasteiger partial charge in [-0.3, -0.25) is 0 Å². The Morgan fingerprint density at radius 1 is 0.579 bits per heavy atom. The molecule has 0 heterocycles. The van der Waals surface area contributed by atoms with Crippen LogP contribution in [0, 0.1) is 0 Å². The van der Waals surface area contributed by atoms with Crippen molar-refractivity contribution in [2.24, 2.45) is 0 Å². The fraction of sp³-hybridized carbons (Fsp3) is 1.00. The van der Waals surface area contributed by atoms with Gasteiger partial charge in [0.1, 0.15) is 0 Å². The van der Waals surface area contributed by atoms with Gasteiger partial charge in [-0.15, -0.1) is 69.6 Å². The molecule has 0 radical (unpaired) electrons. The van der Waals surface area contributed by atoms with Crippen LogP contribution in [0.1, 0.15) is 26.7 Å². The second-order valence-electron chi connectivity index (χ2n) is 4.28. The van der Waals surface area contributed by atoms with Crippen LogP contribution in [0.25, 0.3) is 0 Å². The molecule has 7 heteroatoms. The van der Waals surface area contributed by atoms with Crippen molar-refractivity contribution < 1.29 is 4.74 Å². The van der Waals surface area contributed by atoms with Crippen molar-refractivity contribution in [3.05, 3.63) is 0 Å². The predicted molar refractivity (Wildman–Crippen MR) is 89.2 cm³/mol. The van der Waals surface area contributed by atoms with Crippen molar-refractivity contribution >= 4 is 69.6 Å². The Hall–Kier alpha value is 1.70. The molecule has 0 spiro atoms. The molecule has 19 heavy (non-hydrogen) atoms. The molecule has 1 aliphatic carbocycles. The second-order valence-corrected chi connectivity index (χ2v) is 7.30. The van der Waals surface area contributed by atoms with E-state index in [0.717, 1.165) is 26.1 Å². The third kappa shape index (κ3) is 7.00. The van der Waals surface area contributed by atoms with E-state index in [1.165, 1.54) is 0 Å². The largest absolute Gasteiger partial charge is 0.381 e. The van der Waals surface area contributed by atoms with Gasteiger partial charge in [0, 0.05) is 13.2 Å². The lowest BCUT2D eigenvalue weighted by Crippen LogP contribution is -2.52. The molecule has 1 nitrogen and oxygen atoms in total. The molecular weight excluding hydrogens is 373 g/mol. The van der Waals surface area contributed by atoms with E-state index < -0.39 is 32.3 Å². The summed E-state index contributed by atoms with van der Waals surface area (Å²) in [7, 11) is 0. The maximum Gasteiger partial charge on any atom is 0.0693 e. The maximum atomic E-state index is 5.88. The van der Waals surface area contributed by atoms with Crippen molar-refractivity contribution in [3.8, 4) is 0 Å². The van der Waals surface area contributed by atoms with Crippen LogP contribution in [0.15, 0.2) is 0 Å². The van der Waals surface area contributed by atoms with Gasteiger partial charge in [-0.1, -0.05) is 13.8 Å². The highest BCUT2D eigenvalue weighted by Gasteiger charge is 2.46. The molecule has 0 atom stereocenters. The summed E-state index contributed by atoms with van der Waals surface area (Å²) in [6, 6.07) is 0. The number of ether oxygens (including phenoxy) is 1. The van der Waals surface area contributed by atoms with Gasteiger partial charge < -0.3 is 4.74 Å². The number of hydrogen-bond donors (Lipinski definition) is 0. The van der Waals surface area contributed by atoms with Gasteiger partial charge in [-0.25, -0.2) is 0 Å². The lowest BCUT2D eigenvalue weighted by molar-refractivity contribution is 0.135. The number of rotatable bonds is 4. The Morgan fingerprint density at radius 2 is 0.789 bits per heavy atom. The molecule has 1 fully saturated rings. The van der Waals surface area contributed by atoms with E-state index in [1.807, 2.05) is 0 Å². The highest BCUT2D eigenvalue weighted by molar-refractivity contribution is 6.45. The quantitative estimate of drug-likeness (QED) is 0.455. The zero-order valence-corrected chi connectivity index (χ0v) is 15.5. The highest BCUT2D eigenvalue weighted by atomic mass is 35.5. The van der Waals surface area contributed by atoms with Crippen molar-refractivity contribution in [2.75, 3.05) is 13.2 Å². The standard InChI is InChI=1S/C6H6Cl6.C6H14O/c7-1-2(8)4(10)6(12)5(11)3(1)9;1-3-5-7-6-4-2/h1-6H;3-6H2,1-2H3. The van der Waals surface area contributed by atoms with Gasteiger partial charge in [0.25, 0.3) is 0 Å². The molecule has 0 aliphatic heterocycles. The SMILES string of the molecule is CCCOCCC.ClC1C(Cl)C(Cl)C(Cl)C(Cl)C1Cl. The minimum atomic E-state index is -0.437. The minimum absolute atomic E-state index is 0.437. The number of halogens is 6. The normalized spacial score (nSPS) is 38.5. The van der Waals surface area contributed by atoms with E-state index in [1.54, 1.807) is 0 Å². The second kappa shape index (κ2) is 11.3. The first kappa shape index (κ1) is 20.7. The van der Waals surface area contributed by atoms with E-state index in [9.17, 15) is 0 Å². The van der Waals surface area contributed by atoms with Gasteiger partial charge in [0.05, 0.1) is 32.3 Å². The summed E-state index contributed by atoms with van der Waals surface area (Å²) in [5.74, 6) is 0. The lowest BCUT2D eigenvalue weighted by atomic mass is 9.97. The molecule has 0 aromatic heterocycles. The van der Waals surface area contributed by atoms with Crippen molar-refractivity contribution in [1.29, 1.82) is 0 Å². The van der Waals surface area contributed by atoms with Gasteiger partial charge >= 0.3 is 0 Å². The van der Waals surface area contributed by atoms with Crippen LogP contribution in [0.5, 0.6) is 0 Å². The third-order valence-corrected chi connectivity index (χ3v) is 6.55. The first-order valence-electron chi connectivity index (χ1n) is 6.30. The summed E-state index contributed by atoms with van der Waals surface area (Å²) in [4.78, 5) is 0. The van der Waals surface area contributed by atoms with Crippen LogP contribution in [0.2, 0.25) is 0 Å². The van der Waals surface area contributed by atoms with Crippen LogP contribution in [-0.4, -0.2) is 45.5 Å². The average Bonchev–Trinajstić information content (AvgIpc) is 2.42. The van der Waals surface area contributed by atoms with Crippen LogP contribution >= 0.6 is 69.6 Å².